The molecule has 1 N–H and O–H groups in total. The van der Waals surface area contributed by atoms with Crippen molar-refractivity contribution in [3.05, 3.63) is 45.9 Å². The Morgan fingerprint density at radius 3 is 2.44 bits per heavy atom. The van der Waals surface area contributed by atoms with E-state index in [0.717, 1.165) is 16.4 Å². The molecule has 0 saturated heterocycles. The summed E-state index contributed by atoms with van der Waals surface area (Å²) in [7, 11) is 0. The van der Waals surface area contributed by atoms with Crippen LogP contribution in [0, 0.1) is 13.8 Å². The molecule has 2 rings (SSSR count). The van der Waals surface area contributed by atoms with Gasteiger partial charge in [-0.3, -0.25) is 0 Å². The van der Waals surface area contributed by atoms with Crippen LogP contribution in [-0.4, -0.2) is 4.98 Å². The lowest BCUT2D eigenvalue weighted by molar-refractivity contribution is 0.837. The third kappa shape index (κ3) is 2.42. The van der Waals surface area contributed by atoms with Gasteiger partial charge in [-0.05, 0) is 32.9 Å². The van der Waals surface area contributed by atoms with Crippen LogP contribution in [0.5, 0.6) is 0 Å². The number of hydrogen-bond acceptors (Lipinski definition) is 3. The summed E-state index contributed by atoms with van der Waals surface area (Å²) >= 11 is 1.76. The van der Waals surface area contributed by atoms with Gasteiger partial charge in [0.15, 0.2) is 0 Å². The highest BCUT2D eigenvalue weighted by Gasteiger charge is 2.12. The van der Waals surface area contributed by atoms with E-state index in [4.69, 9.17) is 0 Å². The third-order valence-electron chi connectivity index (χ3n) is 2.51. The average molecular weight is 232 g/mol. The predicted molar refractivity (Wildman–Crippen MR) is 70.1 cm³/mol. The molecule has 1 heterocycles. The largest absolute Gasteiger partial charge is 0.377 e. The molecule has 0 aliphatic heterocycles. The first kappa shape index (κ1) is 11.1. The first-order valence-corrected chi connectivity index (χ1v) is 6.24. The molecule has 84 valence electrons. The van der Waals surface area contributed by atoms with Crippen molar-refractivity contribution >= 4 is 17.0 Å². The highest BCUT2D eigenvalue weighted by Crippen LogP contribution is 2.25. The molecule has 1 unspecified atom stereocenters. The number of para-hydroxylation sites is 1. The second-order valence-corrected chi connectivity index (χ2v) is 5.31. The van der Waals surface area contributed by atoms with Crippen LogP contribution < -0.4 is 5.32 Å². The number of anilines is 1. The molecule has 3 heteroatoms. The molecule has 2 aromatic rings. The number of nitrogens with one attached hydrogen (secondary N) is 1. The third-order valence-corrected chi connectivity index (χ3v) is 3.41. The van der Waals surface area contributed by atoms with Crippen molar-refractivity contribution in [3.8, 4) is 0 Å². The summed E-state index contributed by atoms with van der Waals surface area (Å²) < 4.78 is 0. The first-order chi connectivity index (χ1) is 7.66. The van der Waals surface area contributed by atoms with Crippen LogP contribution in [0.1, 0.15) is 28.5 Å². The topological polar surface area (TPSA) is 24.9 Å². The fourth-order valence-corrected chi connectivity index (χ4v) is 2.71. The normalized spacial score (nSPS) is 12.4. The van der Waals surface area contributed by atoms with E-state index < -0.39 is 0 Å². The van der Waals surface area contributed by atoms with Crippen LogP contribution in [0.15, 0.2) is 30.3 Å². The molecule has 0 amide bonds. The van der Waals surface area contributed by atoms with Gasteiger partial charge < -0.3 is 5.32 Å². The maximum absolute atomic E-state index is 4.56. The molecule has 0 aliphatic carbocycles. The lowest BCUT2D eigenvalue weighted by Crippen LogP contribution is -2.08. The monoisotopic (exact) mass is 232 g/mol. The number of aromatic nitrogens is 1. The van der Waals surface area contributed by atoms with Gasteiger partial charge in [0.25, 0.3) is 0 Å². The molecule has 16 heavy (non-hydrogen) atoms. The van der Waals surface area contributed by atoms with Gasteiger partial charge in [-0.2, -0.15) is 0 Å². The highest BCUT2D eigenvalue weighted by atomic mass is 32.1. The van der Waals surface area contributed by atoms with Crippen LogP contribution in [0.2, 0.25) is 0 Å². The summed E-state index contributed by atoms with van der Waals surface area (Å²) in [6.45, 7) is 6.33. The Bertz CT molecular complexity index is 462. The SMILES string of the molecule is Cc1nc(C(C)Nc2ccccc2)c(C)s1. The molecule has 1 aromatic carbocycles. The van der Waals surface area contributed by atoms with Crippen LogP contribution in [0.25, 0.3) is 0 Å². The maximum Gasteiger partial charge on any atom is 0.0901 e. The van der Waals surface area contributed by atoms with Gasteiger partial charge in [-0.1, -0.05) is 18.2 Å². The van der Waals surface area contributed by atoms with E-state index in [9.17, 15) is 0 Å². The van der Waals surface area contributed by atoms with Crippen molar-refractivity contribution in [1.29, 1.82) is 0 Å². The summed E-state index contributed by atoms with van der Waals surface area (Å²) in [5.41, 5.74) is 2.30. The number of aryl methyl sites for hydroxylation is 2. The zero-order chi connectivity index (χ0) is 11.5. The molecule has 0 spiro atoms. The Morgan fingerprint density at radius 2 is 1.88 bits per heavy atom. The Labute approximate surface area is 100 Å². The smallest absolute Gasteiger partial charge is 0.0901 e. The van der Waals surface area contributed by atoms with Gasteiger partial charge in [-0.25, -0.2) is 4.98 Å². The van der Waals surface area contributed by atoms with E-state index in [2.05, 4.69) is 43.2 Å². The average Bonchev–Trinajstić information content (AvgIpc) is 2.59. The Balaban J connectivity index is 2.14. The second-order valence-electron chi connectivity index (χ2n) is 3.91. The number of nitrogens with zero attached hydrogens (tertiary/aromatic N) is 1. The molecular formula is C13H16N2S. The minimum absolute atomic E-state index is 0.257. The van der Waals surface area contributed by atoms with Gasteiger partial charge in [0, 0.05) is 10.6 Å². The van der Waals surface area contributed by atoms with Crippen molar-refractivity contribution in [3.63, 3.8) is 0 Å². The fraction of sp³-hybridized carbons (Fsp3) is 0.308. The van der Waals surface area contributed by atoms with Crippen molar-refractivity contribution in [1.82, 2.24) is 4.98 Å². The zero-order valence-corrected chi connectivity index (χ0v) is 10.6. The van der Waals surface area contributed by atoms with E-state index in [1.807, 2.05) is 18.2 Å². The zero-order valence-electron chi connectivity index (χ0n) is 9.82. The molecule has 0 fully saturated rings. The predicted octanol–water partition coefficient (Wildman–Crippen LogP) is 3.93. The Morgan fingerprint density at radius 1 is 1.19 bits per heavy atom. The standard InChI is InChI=1S/C13H16N2S/c1-9(13-10(2)16-11(3)15-13)14-12-7-5-4-6-8-12/h4-9,14H,1-3H3. The van der Waals surface area contributed by atoms with E-state index in [1.54, 1.807) is 11.3 Å². The van der Waals surface area contributed by atoms with Crippen LogP contribution in [0.3, 0.4) is 0 Å². The van der Waals surface area contributed by atoms with Crippen molar-refractivity contribution in [2.45, 2.75) is 26.8 Å². The molecule has 1 atom stereocenters. The molecule has 2 nitrogen and oxygen atoms in total. The number of rotatable bonds is 3. The van der Waals surface area contributed by atoms with E-state index in [0.29, 0.717) is 0 Å². The van der Waals surface area contributed by atoms with Gasteiger partial charge in [0.2, 0.25) is 0 Å². The maximum atomic E-state index is 4.56. The Hall–Kier alpha value is -1.35. The molecule has 0 bridgehead atoms. The fourth-order valence-electron chi connectivity index (χ4n) is 1.80. The lowest BCUT2D eigenvalue weighted by Gasteiger charge is -2.13. The van der Waals surface area contributed by atoms with Gasteiger partial charge >= 0.3 is 0 Å². The molecule has 1 aromatic heterocycles. The molecule has 0 radical (unpaired) electrons. The number of thiazole rings is 1. The summed E-state index contributed by atoms with van der Waals surface area (Å²) in [5.74, 6) is 0. The van der Waals surface area contributed by atoms with Crippen LogP contribution >= 0.6 is 11.3 Å². The van der Waals surface area contributed by atoms with E-state index >= 15 is 0 Å². The van der Waals surface area contributed by atoms with E-state index in [1.165, 1.54) is 4.88 Å². The first-order valence-electron chi connectivity index (χ1n) is 5.42. The van der Waals surface area contributed by atoms with Gasteiger partial charge in [0.05, 0.1) is 16.7 Å². The number of hydrogen-bond donors (Lipinski definition) is 1. The van der Waals surface area contributed by atoms with Crippen LogP contribution in [0.4, 0.5) is 5.69 Å². The van der Waals surface area contributed by atoms with Gasteiger partial charge in [-0.15, -0.1) is 11.3 Å². The summed E-state index contributed by atoms with van der Waals surface area (Å²) in [4.78, 5) is 5.86. The summed E-state index contributed by atoms with van der Waals surface area (Å²) in [6, 6.07) is 10.5. The summed E-state index contributed by atoms with van der Waals surface area (Å²) in [5, 5.41) is 4.59. The summed E-state index contributed by atoms with van der Waals surface area (Å²) in [6.07, 6.45) is 0. The highest BCUT2D eigenvalue weighted by molar-refractivity contribution is 7.11. The van der Waals surface area contributed by atoms with Crippen LogP contribution in [-0.2, 0) is 0 Å². The minimum atomic E-state index is 0.257. The second kappa shape index (κ2) is 4.66. The number of benzene rings is 1. The Kier molecular flexibility index (Phi) is 3.25. The molecule has 0 saturated carbocycles. The minimum Gasteiger partial charge on any atom is -0.377 e. The molecule has 0 aliphatic rings. The lowest BCUT2D eigenvalue weighted by atomic mass is 10.2. The quantitative estimate of drug-likeness (QED) is 0.867. The molecular weight excluding hydrogens is 216 g/mol. The van der Waals surface area contributed by atoms with Crippen molar-refractivity contribution in [2.24, 2.45) is 0 Å². The van der Waals surface area contributed by atoms with Crippen molar-refractivity contribution in [2.75, 3.05) is 5.32 Å². The van der Waals surface area contributed by atoms with E-state index in [-0.39, 0.29) is 6.04 Å². The van der Waals surface area contributed by atoms with Crippen molar-refractivity contribution < 1.29 is 0 Å². The van der Waals surface area contributed by atoms with Gasteiger partial charge in [0.1, 0.15) is 0 Å².